The number of carbonyl (C=O) groups excluding carboxylic acids is 1. The summed E-state index contributed by atoms with van der Waals surface area (Å²) in [7, 11) is -3.39. The van der Waals surface area contributed by atoms with Crippen LogP contribution < -0.4 is 14.8 Å². The fourth-order valence-electron chi connectivity index (χ4n) is 4.39. The minimum Gasteiger partial charge on any atom is -0.486 e. The van der Waals surface area contributed by atoms with Crippen LogP contribution in [0.1, 0.15) is 43.4 Å². The van der Waals surface area contributed by atoms with Crippen molar-refractivity contribution in [2.75, 3.05) is 32.1 Å². The predicted molar refractivity (Wildman–Crippen MR) is 127 cm³/mol. The minimum absolute atomic E-state index is 0.101. The van der Waals surface area contributed by atoms with Gasteiger partial charge in [-0.05, 0) is 55.9 Å². The molecule has 1 amide bonds. The molecular formula is C25H32N2O5S. The zero-order chi connectivity index (χ0) is 23.3. The molecule has 2 aromatic carbocycles. The fourth-order valence-corrected chi connectivity index (χ4v) is 5.97. The Balaban J connectivity index is 1.31. The Bertz CT molecular complexity index is 1060. The first-order valence-electron chi connectivity index (χ1n) is 11.6. The molecule has 1 saturated heterocycles. The van der Waals surface area contributed by atoms with E-state index in [0.717, 1.165) is 17.5 Å². The Morgan fingerprint density at radius 3 is 2.67 bits per heavy atom. The van der Waals surface area contributed by atoms with E-state index in [-0.39, 0.29) is 30.2 Å². The highest BCUT2D eigenvalue weighted by molar-refractivity contribution is 7.89. The van der Waals surface area contributed by atoms with E-state index in [4.69, 9.17) is 9.47 Å². The molecular weight excluding hydrogens is 440 g/mol. The lowest BCUT2D eigenvalue weighted by molar-refractivity contribution is -0.126. The largest absolute Gasteiger partial charge is 0.486 e. The van der Waals surface area contributed by atoms with E-state index in [0.29, 0.717) is 50.5 Å². The van der Waals surface area contributed by atoms with Gasteiger partial charge in [-0.3, -0.25) is 4.79 Å². The number of hydrogen-bond donors (Lipinski definition) is 1. The van der Waals surface area contributed by atoms with E-state index < -0.39 is 10.0 Å². The molecule has 0 aromatic heterocycles. The lowest BCUT2D eigenvalue weighted by Gasteiger charge is -2.32. The van der Waals surface area contributed by atoms with Gasteiger partial charge in [0.1, 0.15) is 13.2 Å². The molecule has 0 spiro atoms. The molecule has 8 heteroatoms. The number of aryl methyl sites for hydroxylation is 1. The number of piperidine rings is 1. The van der Waals surface area contributed by atoms with Crippen LogP contribution in [0.2, 0.25) is 0 Å². The molecule has 178 valence electrons. The van der Waals surface area contributed by atoms with Gasteiger partial charge < -0.3 is 14.8 Å². The van der Waals surface area contributed by atoms with Gasteiger partial charge in [-0.1, -0.05) is 36.4 Å². The molecule has 1 N–H and O–H groups in total. The first-order chi connectivity index (χ1) is 15.9. The van der Waals surface area contributed by atoms with Gasteiger partial charge in [-0.2, -0.15) is 0 Å². The van der Waals surface area contributed by atoms with Gasteiger partial charge in [0.25, 0.3) is 0 Å². The molecule has 0 bridgehead atoms. The SMILES string of the molecule is C[C@@H](NC(=O)[C@H]1CCCN(S(=O)(=O)CCCc2ccccc2)C1)c1ccc2c(c1)OCCO2. The third-order valence-corrected chi connectivity index (χ3v) is 8.21. The zero-order valence-electron chi connectivity index (χ0n) is 19.0. The van der Waals surface area contributed by atoms with Gasteiger partial charge in [0.2, 0.25) is 15.9 Å². The summed E-state index contributed by atoms with van der Waals surface area (Å²) in [5.74, 6) is 1.04. The third kappa shape index (κ3) is 6.06. The smallest absolute Gasteiger partial charge is 0.224 e. The lowest BCUT2D eigenvalue weighted by Crippen LogP contribution is -2.46. The second kappa shape index (κ2) is 10.6. The summed E-state index contributed by atoms with van der Waals surface area (Å²) >= 11 is 0. The highest BCUT2D eigenvalue weighted by Crippen LogP contribution is 2.32. The van der Waals surface area contributed by atoms with Crippen molar-refractivity contribution >= 4 is 15.9 Å². The summed E-state index contributed by atoms with van der Waals surface area (Å²) in [4.78, 5) is 13.0. The van der Waals surface area contributed by atoms with Gasteiger partial charge in [0.15, 0.2) is 11.5 Å². The molecule has 33 heavy (non-hydrogen) atoms. The normalized spacial score (nSPS) is 19.6. The maximum atomic E-state index is 13.0. The van der Waals surface area contributed by atoms with E-state index in [9.17, 15) is 13.2 Å². The average molecular weight is 473 g/mol. The monoisotopic (exact) mass is 472 g/mol. The highest BCUT2D eigenvalue weighted by atomic mass is 32.2. The number of rotatable bonds is 8. The minimum atomic E-state index is -3.39. The molecule has 2 atom stereocenters. The molecule has 0 aliphatic carbocycles. The first-order valence-corrected chi connectivity index (χ1v) is 13.2. The lowest BCUT2D eigenvalue weighted by atomic mass is 9.97. The van der Waals surface area contributed by atoms with E-state index in [2.05, 4.69) is 5.32 Å². The van der Waals surface area contributed by atoms with E-state index in [1.165, 1.54) is 4.31 Å². The van der Waals surface area contributed by atoms with Gasteiger partial charge in [-0.25, -0.2) is 12.7 Å². The van der Waals surface area contributed by atoms with Crippen LogP contribution in [0.15, 0.2) is 48.5 Å². The summed E-state index contributed by atoms with van der Waals surface area (Å²) in [5, 5.41) is 3.05. The molecule has 2 aliphatic heterocycles. The van der Waals surface area contributed by atoms with Crippen LogP contribution in [0, 0.1) is 5.92 Å². The van der Waals surface area contributed by atoms with Gasteiger partial charge in [0.05, 0.1) is 17.7 Å². The fraction of sp³-hybridized carbons (Fsp3) is 0.480. The summed E-state index contributed by atoms with van der Waals surface area (Å²) in [6.07, 6.45) is 2.68. The number of ether oxygens (including phenoxy) is 2. The number of nitrogens with zero attached hydrogens (tertiary/aromatic N) is 1. The number of hydrogen-bond acceptors (Lipinski definition) is 5. The Kier molecular flexibility index (Phi) is 7.55. The van der Waals surface area contributed by atoms with Crippen LogP contribution in [0.25, 0.3) is 0 Å². The number of nitrogens with one attached hydrogen (secondary N) is 1. The van der Waals surface area contributed by atoms with Crippen molar-refractivity contribution in [2.24, 2.45) is 5.92 Å². The Morgan fingerprint density at radius 2 is 1.88 bits per heavy atom. The molecule has 1 fully saturated rings. The van der Waals surface area contributed by atoms with Crippen molar-refractivity contribution in [3.8, 4) is 11.5 Å². The van der Waals surface area contributed by atoms with Crippen molar-refractivity contribution in [2.45, 2.75) is 38.6 Å². The molecule has 4 rings (SSSR count). The molecule has 0 radical (unpaired) electrons. The average Bonchev–Trinajstić information content (AvgIpc) is 2.84. The Labute approximate surface area is 196 Å². The number of amides is 1. The Hall–Kier alpha value is -2.58. The quantitative estimate of drug-likeness (QED) is 0.637. The number of benzene rings is 2. The first kappa shape index (κ1) is 23.6. The van der Waals surface area contributed by atoms with Crippen molar-refractivity contribution < 1.29 is 22.7 Å². The predicted octanol–water partition coefficient (Wildman–Crippen LogP) is 3.31. The molecule has 2 heterocycles. The molecule has 0 saturated carbocycles. The van der Waals surface area contributed by atoms with Crippen LogP contribution in [0.3, 0.4) is 0 Å². The highest BCUT2D eigenvalue weighted by Gasteiger charge is 2.32. The van der Waals surface area contributed by atoms with E-state index in [1.54, 1.807) is 0 Å². The van der Waals surface area contributed by atoms with Crippen molar-refractivity contribution in [3.05, 3.63) is 59.7 Å². The van der Waals surface area contributed by atoms with Crippen molar-refractivity contribution in [3.63, 3.8) is 0 Å². The third-order valence-electron chi connectivity index (χ3n) is 6.28. The topological polar surface area (TPSA) is 84.9 Å². The van der Waals surface area contributed by atoms with E-state index in [1.807, 2.05) is 55.5 Å². The standard InChI is InChI=1S/C25H32N2O5S/c1-19(21-11-12-23-24(17-21)32-15-14-31-23)26-25(28)22-10-5-13-27(18-22)33(29,30)16-6-9-20-7-3-2-4-8-20/h2-4,7-8,11-12,17,19,22H,5-6,9-10,13-16,18H2,1H3,(H,26,28)/t19-,22+/m1/s1. The number of fused-ring (bicyclic) bond motifs is 1. The zero-order valence-corrected chi connectivity index (χ0v) is 19.9. The Morgan fingerprint density at radius 1 is 1.12 bits per heavy atom. The van der Waals surface area contributed by atoms with Crippen LogP contribution in [-0.2, 0) is 21.2 Å². The molecule has 7 nitrogen and oxygen atoms in total. The maximum Gasteiger partial charge on any atom is 0.224 e. The van der Waals surface area contributed by atoms with Crippen molar-refractivity contribution in [1.29, 1.82) is 0 Å². The van der Waals surface area contributed by atoms with Crippen LogP contribution >= 0.6 is 0 Å². The summed E-state index contributed by atoms with van der Waals surface area (Å²) in [6.45, 7) is 3.69. The van der Waals surface area contributed by atoms with Crippen LogP contribution in [0.4, 0.5) is 0 Å². The number of sulfonamides is 1. The molecule has 2 aliphatic rings. The molecule has 0 unspecified atom stereocenters. The van der Waals surface area contributed by atoms with Gasteiger partial charge in [-0.15, -0.1) is 0 Å². The maximum absolute atomic E-state index is 13.0. The van der Waals surface area contributed by atoms with Crippen LogP contribution in [-0.4, -0.2) is 50.7 Å². The van der Waals surface area contributed by atoms with Crippen molar-refractivity contribution in [1.82, 2.24) is 9.62 Å². The van der Waals surface area contributed by atoms with Gasteiger partial charge >= 0.3 is 0 Å². The second-order valence-electron chi connectivity index (χ2n) is 8.74. The second-order valence-corrected chi connectivity index (χ2v) is 10.8. The van der Waals surface area contributed by atoms with E-state index >= 15 is 0 Å². The molecule has 2 aromatic rings. The van der Waals surface area contributed by atoms with Gasteiger partial charge in [0, 0.05) is 13.1 Å². The summed E-state index contributed by atoms with van der Waals surface area (Å²) < 4.78 is 38.5. The summed E-state index contributed by atoms with van der Waals surface area (Å²) in [5.41, 5.74) is 2.06. The van der Waals surface area contributed by atoms with Crippen LogP contribution in [0.5, 0.6) is 11.5 Å². The number of carbonyl (C=O) groups is 1. The summed E-state index contributed by atoms with van der Waals surface area (Å²) in [6, 6.07) is 15.4.